The van der Waals surface area contributed by atoms with E-state index in [1.807, 2.05) is 42.5 Å². The van der Waals surface area contributed by atoms with Crippen LogP contribution in [0.4, 0.5) is 11.5 Å². The average molecular weight is 407 g/mol. The van der Waals surface area contributed by atoms with Crippen LogP contribution in [0.5, 0.6) is 0 Å². The Morgan fingerprint density at radius 3 is 2.41 bits per heavy atom. The number of amides is 1. The molecule has 6 heteroatoms. The molecular formula is C23H23ClN4O. The van der Waals surface area contributed by atoms with Gasteiger partial charge < -0.3 is 10.2 Å². The molecule has 0 aliphatic carbocycles. The summed E-state index contributed by atoms with van der Waals surface area (Å²) in [4.78, 5) is 14.8. The van der Waals surface area contributed by atoms with Crippen molar-refractivity contribution in [3.05, 3.63) is 71.2 Å². The first-order valence-electron chi connectivity index (χ1n) is 9.82. The minimum atomic E-state index is -0.0262. The Balaban J connectivity index is 1.36. The molecule has 5 nitrogen and oxygen atoms in total. The van der Waals surface area contributed by atoms with Crippen molar-refractivity contribution >= 4 is 29.0 Å². The number of rotatable bonds is 4. The molecule has 1 aliphatic heterocycles. The summed E-state index contributed by atoms with van der Waals surface area (Å²) in [6.45, 7) is 3.63. The SMILES string of the molecule is Cc1ccccc1-c1ccc(N2CCC(C(=O)Nc3ccccc3Cl)CC2)nn1. The van der Waals surface area contributed by atoms with Crippen molar-refractivity contribution in [2.45, 2.75) is 19.8 Å². The quantitative estimate of drug-likeness (QED) is 0.665. The number of halogens is 1. The minimum absolute atomic E-state index is 0.0262. The molecule has 1 aromatic heterocycles. The summed E-state index contributed by atoms with van der Waals surface area (Å²) in [6.07, 6.45) is 1.55. The molecule has 0 bridgehead atoms. The molecule has 0 saturated carbocycles. The van der Waals surface area contributed by atoms with Gasteiger partial charge in [0.25, 0.3) is 0 Å². The molecule has 0 spiro atoms. The van der Waals surface area contributed by atoms with Gasteiger partial charge in [-0.2, -0.15) is 0 Å². The number of carbonyl (C=O) groups excluding carboxylic acids is 1. The van der Waals surface area contributed by atoms with Crippen molar-refractivity contribution in [3.63, 3.8) is 0 Å². The third-order valence-corrected chi connectivity index (χ3v) is 5.72. The van der Waals surface area contributed by atoms with E-state index in [9.17, 15) is 4.79 Å². The lowest BCUT2D eigenvalue weighted by Gasteiger charge is -2.31. The van der Waals surface area contributed by atoms with E-state index in [4.69, 9.17) is 11.6 Å². The molecule has 1 amide bonds. The second-order valence-corrected chi connectivity index (χ2v) is 7.73. The van der Waals surface area contributed by atoms with Gasteiger partial charge in [-0.1, -0.05) is 48.0 Å². The van der Waals surface area contributed by atoms with Gasteiger partial charge in [-0.25, -0.2) is 0 Å². The lowest BCUT2D eigenvalue weighted by molar-refractivity contribution is -0.120. The van der Waals surface area contributed by atoms with Crippen LogP contribution in [0.25, 0.3) is 11.3 Å². The Kier molecular flexibility index (Phi) is 5.76. The third-order valence-electron chi connectivity index (χ3n) is 5.39. The zero-order valence-electron chi connectivity index (χ0n) is 16.3. The molecule has 2 aromatic carbocycles. The highest BCUT2D eigenvalue weighted by Gasteiger charge is 2.26. The van der Waals surface area contributed by atoms with E-state index >= 15 is 0 Å². The number of aryl methyl sites for hydroxylation is 1. The number of aromatic nitrogens is 2. The zero-order chi connectivity index (χ0) is 20.2. The first kappa shape index (κ1) is 19.4. The number of hydrogen-bond acceptors (Lipinski definition) is 4. The first-order valence-corrected chi connectivity index (χ1v) is 10.2. The molecule has 2 heterocycles. The van der Waals surface area contributed by atoms with E-state index in [0.717, 1.165) is 43.0 Å². The number of benzene rings is 2. The third kappa shape index (κ3) is 4.40. The molecule has 1 saturated heterocycles. The number of carbonyl (C=O) groups is 1. The van der Waals surface area contributed by atoms with Crippen LogP contribution in [-0.2, 0) is 4.79 Å². The monoisotopic (exact) mass is 406 g/mol. The van der Waals surface area contributed by atoms with Crippen LogP contribution < -0.4 is 10.2 Å². The topological polar surface area (TPSA) is 58.1 Å². The lowest BCUT2D eigenvalue weighted by atomic mass is 9.95. The molecule has 0 unspecified atom stereocenters. The molecule has 1 fully saturated rings. The van der Waals surface area contributed by atoms with Crippen LogP contribution in [0.2, 0.25) is 5.02 Å². The molecule has 0 atom stereocenters. The standard InChI is InChI=1S/C23H23ClN4O/c1-16-6-2-3-7-18(16)20-10-11-22(27-26-20)28-14-12-17(13-15-28)23(29)25-21-9-5-4-8-19(21)24/h2-11,17H,12-15H2,1H3,(H,25,29). The van der Waals surface area contributed by atoms with Gasteiger partial charge in [0.1, 0.15) is 0 Å². The largest absolute Gasteiger partial charge is 0.355 e. The van der Waals surface area contributed by atoms with Crippen LogP contribution in [0.3, 0.4) is 0 Å². The van der Waals surface area contributed by atoms with E-state index in [2.05, 4.69) is 39.5 Å². The predicted octanol–water partition coefficient (Wildman–Crippen LogP) is 4.96. The summed E-state index contributed by atoms with van der Waals surface area (Å²) in [5, 5.41) is 12.4. The normalized spacial score (nSPS) is 14.6. The van der Waals surface area contributed by atoms with Gasteiger partial charge in [0, 0.05) is 24.6 Å². The van der Waals surface area contributed by atoms with Crippen LogP contribution in [0, 0.1) is 12.8 Å². The summed E-state index contributed by atoms with van der Waals surface area (Å²) >= 11 is 6.14. The van der Waals surface area contributed by atoms with Gasteiger partial charge in [-0.15, -0.1) is 10.2 Å². The van der Waals surface area contributed by atoms with E-state index in [0.29, 0.717) is 10.7 Å². The fourth-order valence-corrected chi connectivity index (χ4v) is 3.85. The van der Waals surface area contributed by atoms with Gasteiger partial charge in [-0.3, -0.25) is 4.79 Å². The highest BCUT2D eigenvalue weighted by Crippen LogP contribution is 2.27. The van der Waals surface area contributed by atoms with Gasteiger partial charge in [0.05, 0.1) is 16.4 Å². The van der Waals surface area contributed by atoms with Gasteiger partial charge in [0.2, 0.25) is 5.91 Å². The number of hydrogen-bond donors (Lipinski definition) is 1. The van der Waals surface area contributed by atoms with Gasteiger partial charge in [-0.05, 0) is 49.6 Å². The van der Waals surface area contributed by atoms with E-state index in [1.165, 1.54) is 5.56 Å². The van der Waals surface area contributed by atoms with Crippen LogP contribution >= 0.6 is 11.6 Å². The molecular weight excluding hydrogens is 384 g/mol. The fraction of sp³-hybridized carbons (Fsp3) is 0.261. The summed E-state index contributed by atoms with van der Waals surface area (Å²) in [6, 6.07) is 19.5. The highest BCUT2D eigenvalue weighted by atomic mass is 35.5. The van der Waals surface area contributed by atoms with Crippen molar-refractivity contribution < 1.29 is 4.79 Å². The van der Waals surface area contributed by atoms with E-state index in [-0.39, 0.29) is 11.8 Å². The fourth-order valence-electron chi connectivity index (χ4n) is 3.67. The van der Waals surface area contributed by atoms with Crippen molar-refractivity contribution in [3.8, 4) is 11.3 Å². The summed E-state index contributed by atoms with van der Waals surface area (Å²) < 4.78 is 0. The molecule has 148 valence electrons. The zero-order valence-corrected chi connectivity index (χ0v) is 17.1. The van der Waals surface area contributed by atoms with Crippen molar-refractivity contribution in [2.24, 2.45) is 5.92 Å². The minimum Gasteiger partial charge on any atom is -0.355 e. The Morgan fingerprint density at radius 2 is 1.72 bits per heavy atom. The molecule has 4 rings (SSSR count). The van der Waals surface area contributed by atoms with Gasteiger partial charge in [0.15, 0.2) is 5.82 Å². The number of nitrogens with zero attached hydrogens (tertiary/aromatic N) is 3. The molecule has 1 N–H and O–H groups in total. The Hall–Kier alpha value is -2.92. The Morgan fingerprint density at radius 1 is 1.00 bits per heavy atom. The Bertz CT molecular complexity index is 998. The van der Waals surface area contributed by atoms with Crippen molar-refractivity contribution in [1.29, 1.82) is 0 Å². The summed E-state index contributed by atoms with van der Waals surface area (Å²) in [5.41, 5.74) is 3.82. The maximum atomic E-state index is 12.6. The molecule has 3 aromatic rings. The van der Waals surface area contributed by atoms with E-state index < -0.39 is 0 Å². The molecule has 29 heavy (non-hydrogen) atoms. The highest BCUT2D eigenvalue weighted by molar-refractivity contribution is 6.33. The van der Waals surface area contributed by atoms with Crippen LogP contribution in [-0.4, -0.2) is 29.2 Å². The van der Waals surface area contributed by atoms with E-state index in [1.54, 1.807) is 6.07 Å². The van der Waals surface area contributed by atoms with Crippen LogP contribution in [0.1, 0.15) is 18.4 Å². The second-order valence-electron chi connectivity index (χ2n) is 7.32. The maximum absolute atomic E-state index is 12.6. The smallest absolute Gasteiger partial charge is 0.227 e. The first-order chi connectivity index (χ1) is 14.1. The average Bonchev–Trinajstić information content (AvgIpc) is 2.76. The van der Waals surface area contributed by atoms with Crippen LogP contribution in [0.15, 0.2) is 60.7 Å². The Labute approximate surface area is 175 Å². The van der Waals surface area contributed by atoms with Gasteiger partial charge >= 0.3 is 0 Å². The second kappa shape index (κ2) is 8.62. The predicted molar refractivity (Wildman–Crippen MR) is 117 cm³/mol. The number of nitrogens with one attached hydrogen (secondary N) is 1. The summed E-state index contributed by atoms with van der Waals surface area (Å²) in [7, 11) is 0. The molecule has 0 radical (unpaired) electrons. The summed E-state index contributed by atoms with van der Waals surface area (Å²) in [5.74, 6) is 0.854. The number of piperidine rings is 1. The maximum Gasteiger partial charge on any atom is 0.227 e. The molecule has 1 aliphatic rings. The number of para-hydroxylation sites is 1. The lowest BCUT2D eigenvalue weighted by Crippen LogP contribution is -2.38. The van der Waals surface area contributed by atoms with Crippen molar-refractivity contribution in [1.82, 2.24) is 10.2 Å². The number of anilines is 2. The van der Waals surface area contributed by atoms with Crippen molar-refractivity contribution in [2.75, 3.05) is 23.3 Å².